The quantitative estimate of drug-likeness (QED) is 0.845. The van der Waals surface area contributed by atoms with Gasteiger partial charge < -0.3 is 4.74 Å². The zero-order valence-electron chi connectivity index (χ0n) is 13.6. The molecule has 0 unspecified atom stereocenters. The number of ether oxygens (including phenoxy) is 1. The molecule has 0 aliphatic rings. The van der Waals surface area contributed by atoms with Crippen molar-refractivity contribution in [3.8, 4) is 5.75 Å². The predicted octanol–water partition coefficient (Wildman–Crippen LogP) is 4.20. The van der Waals surface area contributed by atoms with E-state index in [1.54, 1.807) is 0 Å². The molecule has 0 radical (unpaired) electrons. The fraction of sp³-hybridized carbons (Fsp3) is 0.438. The molecule has 0 atom stereocenters. The molecule has 0 saturated heterocycles. The number of aryl methyl sites for hydroxylation is 2. The molecule has 1 aromatic heterocycles. The van der Waals surface area contributed by atoms with Crippen LogP contribution in [0.1, 0.15) is 42.8 Å². The van der Waals surface area contributed by atoms with Crippen LogP contribution in [0.3, 0.4) is 0 Å². The summed E-state index contributed by atoms with van der Waals surface area (Å²) >= 11 is 7.54. The lowest BCUT2D eigenvalue weighted by Crippen LogP contribution is -2.20. The second kappa shape index (κ2) is 7.75. The predicted molar refractivity (Wildman–Crippen MR) is 93.7 cm³/mol. The number of carbonyl (C=O) groups is 1. The van der Waals surface area contributed by atoms with Gasteiger partial charge in [0.15, 0.2) is 6.61 Å². The van der Waals surface area contributed by atoms with Gasteiger partial charge in [0.05, 0.1) is 0 Å². The number of nitrogens with zero attached hydrogens (tertiary/aromatic N) is 2. The smallest absolute Gasteiger partial charge is 0.264 e. The number of anilines is 1. The molecule has 1 heterocycles. The first-order valence-electron chi connectivity index (χ1n) is 7.45. The summed E-state index contributed by atoms with van der Waals surface area (Å²) in [6.07, 6.45) is 0.797. The molecule has 0 aliphatic heterocycles. The lowest BCUT2D eigenvalue weighted by atomic mass is 10.0. The number of carbonyl (C=O) groups excluding carboxylic acids is 1. The maximum Gasteiger partial charge on any atom is 0.264 e. The number of rotatable bonds is 6. The van der Waals surface area contributed by atoms with Crippen molar-refractivity contribution >= 4 is 34.0 Å². The largest absolute Gasteiger partial charge is 0.483 e. The maximum absolute atomic E-state index is 12.0. The van der Waals surface area contributed by atoms with Gasteiger partial charge >= 0.3 is 0 Å². The summed E-state index contributed by atoms with van der Waals surface area (Å²) in [6.45, 7) is 7.93. The lowest BCUT2D eigenvalue weighted by Gasteiger charge is -2.15. The van der Waals surface area contributed by atoms with E-state index < -0.39 is 0 Å². The van der Waals surface area contributed by atoms with Gasteiger partial charge in [-0.05, 0) is 42.5 Å². The molecule has 1 N–H and O–H groups in total. The van der Waals surface area contributed by atoms with Gasteiger partial charge in [0, 0.05) is 5.02 Å². The number of hydrogen-bond acceptors (Lipinski definition) is 5. The van der Waals surface area contributed by atoms with Crippen molar-refractivity contribution in [1.29, 1.82) is 0 Å². The van der Waals surface area contributed by atoms with Gasteiger partial charge in [-0.15, -0.1) is 10.2 Å². The molecule has 2 rings (SSSR count). The van der Waals surface area contributed by atoms with Gasteiger partial charge in [-0.3, -0.25) is 10.1 Å². The number of aromatic nitrogens is 2. The second-order valence-corrected chi connectivity index (χ2v) is 6.95. The van der Waals surface area contributed by atoms with Crippen LogP contribution in [0, 0.1) is 6.92 Å². The van der Waals surface area contributed by atoms with E-state index in [-0.39, 0.29) is 18.4 Å². The molecule has 7 heteroatoms. The summed E-state index contributed by atoms with van der Waals surface area (Å²) in [5, 5.41) is 12.7. The number of hydrogen-bond donors (Lipinski definition) is 1. The Morgan fingerprint density at radius 3 is 2.74 bits per heavy atom. The van der Waals surface area contributed by atoms with Gasteiger partial charge in [-0.1, -0.05) is 43.7 Å². The van der Waals surface area contributed by atoms with E-state index in [1.807, 2.05) is 26.0 Å². The van der Waals surface area contributed by atoms with Crippen molar-refractivity contribution in [1.82, 2.24) is 10.2 Å². The summed E-state index contributed by atoms with van der Waals surface area (Å²) in [5.41, 5.74) is 1.90. The zero-order valence-corrected chi connectivity index (χ0v) is 15.2. The van der Waals surface area contributed by atoms with Crippen molar-refractivity contribution in [2.75, 3.05) is 11.9 Å². The Bertz CT molecular complexity index is 701. The van der Waals surface area contributed by atoms with Crippen LogP contribution in [0.5, 0.6) is 5.75 Å². The zero-order chi connectivity index (χ0) is 17.0. The van der Waals surface area contributed by atoms with Crippen LogP contribution in [0.15, 0.2) is 12.1 Å². The number of nitrogens with one attached hydrogen (secondary N) is 1. The minimum absolute atomic E-state index is 0.0815. The molecule has 2 aromatic rings. The Labute approximate surface area is 145 Å². The van der Waals surface area contributed by atoms with Gasteiger partial charge in [0.1, 0.15) is 10.8 Å². The standard InChI is InChI=1S/C16H20ClN3O2S/c1-5-15-19-20-16(23-15)18-14(21)8-22-13-6-10(4)12(17)7-11(13)9(2)3/h6-7,9H,5,8H2,1-4H3,(H,18,20,21). The average molecular weight is 354 g/mol. The van der Waals surface area contributed by atoms with Gasteiger partial charge in [-0.25, -0.2) is 0 Å². The van der Waals surface area contributed by atoms with Crippen molar-refractivity contribution in [3.05, 3.63) is 33.3 Å². The summed E-state index contributed by atoms with van der Waals surface area (Å²) < 4.78 is 5.69. The van der Waals surface area contributed by atoms with Crippen molar-refractivity contribution in [2.24, 2.45) is 0 Å². The highest BCUT2D eigenvalue weighted by Gasteiger charge is 2.13. The van der Waals surface area contributed by atoms with E-state index in [1.165, 1.54) is 11.3 Å². The van der Waals surface area contributed by atoms with E-state index >= 15 is 0 Å². The lowest BCUT2D eigenvalue weighted by molar-refractivity contribution is -0.118. The van der Waals surface area contributed by atoms with Crippen LogP contribution in [-0.2, 0) is 11.2 Å². The van der Waals surface area contributed by atoms with Crippen LogP contribution in [0.25, 0.3) is 0 Å². The van der Waals surface area contributed by atoms with Crippen molar-refractivity contribution < 1.29 is 9.53 Å². The summed E-state index contributed by atoms with van der Waals surface area (Å²) in [6, 6.07) is 3.76. The van der Waals surface area contributed by atoms with Crippen LogP contribution in [0.2, 0.25) is 5.02 Å². The Hall–Kier alpha value is -1.66. The topological polar surface area (TPSA) is 64.1 Å². The maximum atomic E-state index is 12.0. The molecule has 0 saturated carbocycles. The van der Waals surface area contributed by atoms with Crippen LogP contribution < -0.4 is 10.1 Å². The SMILES string of the molecule is CCc1nnc(NC(=O)COc2cc(C)c(Cl)cc2C(C)C)s1. The third kappa shape index (κ3) is 4.65. The van der Waals surface area contributed by atoms with E-state index in [0.29, 0.717) is 15.9 Å². The molecule has 1 aromatic carbocycles. The molecule has 0 spiro atoms. The highest BCUT2D eigenvalue weighted by molar-refractivity contribution is 7.15. The Morgan fingerprint density at radius 1 is 1.39 bits per heavy atom. The molecule has 0 fully saturated rings. The van der Waals surface area contributed by atoms with E-state index in [4.69, 9.17) is 16.3 Å². The molecular weight excluding hydrogens is 334 g/mol. The summed E-state index contributed by atoms with van der Waals surface area (Å²) in [7, 11) is 0. The van der Waals surface area contributed by atoms with Crippen LogP contribution in [0.4, 0.5) is 5.13 Å². The first-order chi connectivity index (χ1) is 10.9. The van der Waals surface area contributed by atoms with E-state index in [0.717, 1.165) is 22.6 Å². The molecule has 0 bridgehead atoms. The highest BCUT2D eigenvalue weighted by atomic mass is 35.5. The number of amides is 1. The van der Waals surface area contributed by atoms with Gasteiger partial charge in [0.2, 0.25) is 5.13 Å². The normalized spacial score (nSPS) is 10.9. The van der Waals surface area contributed by atoms with Crippen molar-refractivity contribution in [3.63, 3.8) is 0 Å². The summed E-state index contributed by atoms with van der Waals surface area (Å²) in [4.78, 5) is 12.0. The Kier molecular flexibility index (Phi) is 5.96. The first-order valence-corrected chi connectivity index (χ1v) is 8.65. The highest BCUT2D eigenvalue weighted by Crippen LogP contribution is 2.32. The second-order valence-electron chi connectivity index (χ2n) is 5.49. The van der Waals surface area contributed by atoms with Crippen molar-refractivity contribution in [2.45, 2.75) is 40.0 Å². The first kappa shape index (κ1) is 17.7. The molecule has 5 nitrogen and oxygen atoms in total. The van der Waals surface area contributed by atoms with Crippen LogP contribution in [-0.4, -0.2) is 22.7 Å². The fourth-order valence-corrected chi connectivity index (χ4v) is 2.86. The summed E-state index contributed by atoms with van der Waals surface area (Å²) in [5.74, 6) is 0.677. The van der Waals surface area contributed by atoms with Crippen LogP contribution >= 0.6 is 22.9 Å². The Morgan fingerprint density at radius 2 is 2.13 bits per heavy atom. The fourth-order valence-electron chi connectivity index (χ4n) is 1.99. The Balaban J connectivity index is 2.02. The minimum atomic E-state index is -0.258. The number of halogens is 1. The molecule has 124 valence electrons. The minimum Gasteiger partial charge on any atom is -0.483 e. The van der Waals surface area contributed by atoms with Gasteiger partial charge in [-0.2, -0.15) is 0 Å². The van der Waals surface area contributed by atoms with Gasteiger partial charge in [0.25, 0.3) is 5.91 Å². The van der Waals surface area contributed by atoms with E-state index in [9.17, 15) is 4.79 Å². The monoisotopic (exact) mass is 353 g/mol. The molecular formula is C16H20ClN3O2S. The molecule has 0 aliphatic carbocycles. The molecule has 1 amide bonds. The third-order valence-electron chi connectivity index (χ3n) is 3.29. The number of benzene rings is 1. The molecule has 23 heavy (non-hydrogen) atoms. The average Bonchev–Trinajstić information content (AvgIpc) is 2.95. The third-order valence-corrected chi connectivity index (χ3v) is 4.68. The van der Waals surface area contributed by atoms with E-state index in [2.05, 4.69) is 29.4 Å².